The molecular weight excluding hydrogens is 300 g/mol. The summed E-state index contributed by atoms with van der Waals surface area (Å²) in [4.78, 5) is 11.9. The first-order valence-electron chi connectivity index (χ1n) is 8.00. The van der Waals surface area contributed by atoms with E-state index in [4.69, 9.17) is 0 Å². The van der Waals surface area contributed by atoms with Gasteiger partial charge in [0.2, 0.25) is 0 Å². The molecule has 0 bridgehead atoms. The highest BCUT2D eigenvalue weighted by atomic mass is 16.4. The number of carbonyl (C=O) groups is 1. The topological polar surface area (TPSA) is 55.1 Å². The van der Waals surface area contributed by atoms with Crippen molar-refractivity contribution in [1.82, 2.24) is 9.78 Å². The van der Waals surface area contributed by atoms with E-state index in [0.717, 1.165) is 16.8 Å². The minimum Gasteiger partial charge on any atom is -0.481 e. The van der Waals surface area contributed by atoms with E-state index in [2.05, 4.69) is 5.10 Å². The minimum absolute atomic E-state index is 0.00625. The van der Waals surface area contributed by atoms with Gasteiger partial charge in [0.1, 0.15) is 0 Å². The van der Waals surface area contributed by atoms with Crippen molar-refractivity contribution in [2.75, 3.05) is 0 Å². The van der Waals surface area contributed by atoms with E-state index in [0.29, 0.717) is 0 Å². The van der Waals surface area contributed by atoms with Crippen molar-refractivity contribution >= 4 is 5.97 Å². The molecule has 3 unspecified atom stereocenters. The molecule has 1 aliphatic rings. The van der Waals surface area contributed by atoms with Gasteiger partial charge in [-0.15, -0.1) is 0 Å². The molecule has 0 radical (unpaired) electrons. The predicted molar refractivity (Wildman–Crippen MR) is 91.2 cm³/mol. The van der Waals surface area contributed by atoms with Gasteiger partial charge in [-0.1, -0.05) is 42.5 Å². The maximum Gasteiger partial charge on any atom is 0.310 e. The fourth-order valence-corrected chi connectivity index (χ4v) is 3.77. The smallest absolute Gasteiger partial charge is 0.310 e. The van der Waals surface area contributed by atoms with Gasteiger partial charge in [-0.25, -0.2) is 4.68 Å². The number of benzene rings is 2. The summed E-state index contributed by atoms with van der Waals surface area (Å²) in [6, 6.07) is 19.8. The van der Waals surface area contributed by atoms with Crippen molar-refractivity contribution in [3.05, 3.63) is 84.2 Å². The Labute approximate surface area is 140 Å². The summed E-state index contributed by atoms with van der Waals surface area (Å²) in [6.07, 6.45) is 3.63. The van der Waals surface area contributed by atoms with Gasteiger partial charge >= 0.3 is 5.97 Å². The normalized spacial score (nSPS) is 25.4. The SMILES string of the molecule is CC1(C(=O)O)C(c2ccccc2)C1c1ccc(-n2cccn2)cc1. The average molecular weight is 318 g/mol. The molecule has 1 saturated carbocycles. The van der Waals surface area contributed by atoms with E-state index in [-0.39, 0.29) is 11.8 Å². The number of hydrogen-bond acceptors (Lipinski definition) is 2. The summed E-state index contributed by atoms with van der Waals surface area (Å²) in [6.45, 7) is 1.85. The van der Waals surface area contributed by atoms with Crippen LogP contribution >= 0.6 is 0 Å². The molecule has 4 nitrogen and oxygen atoms in total. The van der Waals surface area contributed by atoms with Crippen molar-refractivity contribution in [2.24, 2.45) is 5.41 Å². The predicted octanol–water partition coefficient (Wildman–Crippen LogP) is 3.84. The quantitative estimate of drug-likeness (QED) is 0.795. The molecule has 0 spiro atoms. The molecule has 0 aliphatic heterocycles. The van der Waals surface area contributed by atoms with Crippen LogP contribution in [0.5, 0.6) is 0 Å². The third-order valence-corrected chi connectivity index (χ3v) is 5.16. The molecule has 1 aliphatic carbocycles. The van der Waals surface area contributed by atoms with Crippen molar-refractivity contribution in [1.29, 1.82) is 0 Å². The molecule has 3 atom stereocenters. The summed E-state index contributed by atoms with van der Waals surface area (Å²) >= 11 is 0. The van der Waals surface area contributed by atoms with Gasteiger partial charge in [-0.3, -0.25) is 4.79 Å². The Morgan fingerprint density at radius 1 is 1.00 bits per heavy atom. The van der Waals surface area contributed by atoms with Crippen LogP contribution in [0, 0.1) is 5.41 Å². The molecule has 1 N–H and O–H groups in total. The molecule has 24 heavy (non-hydrogen) atoms. The molecule has 0 amide bonds. The van der Waals surface area contributed by atoms with Crippen LogP contribution in [0.1, 0.15) is 29.9 Å². The zero-order chi connectivity index (χ0) is 16.7. The van der Waals surface area contributed by atoms with Crippen LogP contribution in [0.25, 0.3) is 5.69 Å². The van der Waals surface area contributed by atoms with E-state index < -0.39 is 11.4 Å². The van der Waals surface area contributed by atoms with Crippen LogP contribution in [0.2, 0.25) is 0 Å². The number of carboxylic acid groups (broad SMARTS) is 1. The molecule has 120 valence electrons. The molecule has 1 aromatic heterocycles. The highest BCUT2D eigenvalue weighted by Crippen LogP contribution is 2.70. The van der Waals surface area contributed by atoms with E-state index >= 15 is 0 Å². The first-order chi connectivity index (χ1) is 11.6. The lowest BCUT2D eigenvalue weighted by Crippen LogP contribution is -2.14. The second-order valence-electron chi connectivity index (χ2n) is 6.50. The fourth-order valence-electron chi connectivity index (χ4n) is 3.77. The van der Waals surface area contributed by atoms with Crippen molar-refractivity contribution < 1.29 is 9.90 Å². The number of nitrogens with zero attached hydrogens (tertiary/aromatic N) is 2. The number of aromatic nitrogens is 2. The number of rotatable bonds is 4. The van der Waals surface area contributed by atoms with Gasteiger partial charge in [0.15, 0.2) is 0 Å². The van der Waals surface area contributed by atoms with Crippen molar-refractivity contribution in [2.45, 2.75) is 18.8 Å². The van der Waals surface area contributed by atoms with Crippen molar-refractivity contribution in [3.63, 3.8) is 0 Å². The van der Waals surface area contributed by atoms with E-state index in [9.17, 15) is 9.90 Å². The summed E-state index contributed by atoms with van der Waals surface area (Å²) in [5, 5.41) is 14.0. The first-order valence-corrected chi connectivity index (χ1v) is 8.00. The Bertz CT molecular complexity index is 856. The summed E-state index contributed by atoms with van der Waals surface area (Å²) in [5.41, 5.74) is 2.36. The molecule has 0 saturated heterocycles. The van der Waals surface area contributed by atoms with Crippen molar-refractivity contribution in [3.8, 4) is 5.69 Å². The van der Waals surface area contributed by atoms with Crippen LogP contribution in [0.15, 0.2) is 73.1 Å². The monoisotopic (exact) mass is 318 g/mol. The van der Waals surface area contributed by atoms with Gasteiger partial charge in [0.05, 0.1) is 11.1 Å². The fraction of sp³-hybridized carbons (Fsp3) is 0.200. The Balaban J connectivity index is 1.68. The Hall–Kier alpha value is -2.88. The number of hydrogen-bond donors (Lipinski definition) is 1. The summed E-state index contributed by atoms with van der Waals surface area (Å²) < 4.78 is 1.79. The lowest BCUT2D eigenvalue weighted by Gasteiger charge is -2.06. The van der Waals surface area contributed by atoms with Gasteiger partial charge in [0.25, 0.3) is 0 Å². The lowest BCUT2D eigenvalue weighted by atomic mass is 10.0. The molecule has 3 aromatic rings. The van der Waals surface area contributed by atoms with E-state index in [1.807, 2.05) is 73.8 Å². The Kier molecular flexibility index (Phi) is 3.27. The maximum absolute atomic E-state index is 11.9. The third kappa shape index (κ3) is 2.14. The first kappa shape index (κ1) is 14.7. The van der Waals surface area contributed by atoms with Gasteiger partial charge in [-0.2, -0.15) is 5.10 Å². The maximum atomic E-state index is 11.9. The standard InChI is InChI=1S/C20H18N2O2/c1-20(19(23)24)17(14-6-3-2-4-7-14)18(20)15-8-10-16(11-9-15)22-13-5-12-21-22/h2-13,17-18H,1H3,(H,23,24). The molecular formula is C20H18N2O2. The summed E-state index contributed by atoms with van der Waals surface area (Å²) in [7, 11) is 0. The molecule has 4 rings (SSSR count). The highest BCUT2D eigenvalue weighted by Gasteiger charge is 2.67. The van der Waals surface area contributed by atoms with Crippen LogP contribution in [0.4, 0.5) is 0 Å². The Morgan fingerprint density at radius 3 is 2.17 bits per heavy atom. The second kappa shape index (κ2) is 5.34. The zero-order valence-electron chi connectivity index (χ0n) is 13.3. The highest BCUT2D eigenvalue weighted by molar-refractivity contribution is 5.83. The van der Waals surface area contributed by atoms with Gasteiger partial charge in [-0.05, 0) is 36.2 Å². The zero-order valence-corrected chi connectivity index (χ0v) is 13.3. The van der Waals surface area contributed by atoms with Crippen LogP contribution in [-0.4, -0.2) is 20.9 Å². The minimum atomic E-state index is -0.755. The van der Waals surface area contributed by atoms with Gasteiger partial charge < -0.3 is 5.11 Å². The van der Waals surface area contributed by atoms with Crippen LogP contribution in [-0.2, 0) is 4.79 Å². The molecule has 1 heterocycles. The number of aliphatic carboxylic acids is 1. The van der Waals surface area contributed by atoms with Gasteiger partial charge in [0, 0.05) is 24.2 Å². The largest absolute Gasteiger partial charge is 0.481 e. The third-order valence-electron chi connectivity index (χ3n) is 5.16. The van der Waals surface area contributed by atoms with Crippen LogP contribution in [0.3, 0.4) is 0 Å². The Morgan fingerprint density at radius 2 is 1.62 bits per heavy atom. The molecule has 1 fully saturated rings. The summed E-state index contributed by atoms with van der Waals surface area (Å²) in [5.74, 6) is -0.742. The lowest BCUT2D eigenvalue weighted by molar-refractivity contribution is -0.143. The number of carboxylic acids is 1. The average Bonchev–Trinajstić information content (AvgIpc) is 2.97. The van der Waals surface area contributed by atoms with E-state index in [1.54, 1.807) is 10.9 Å². The van der Waals surface area contributed by atoms with Crippen LogP contribution < -0.4 is 0 Å². The van der Waals surface area contributed by atoms with E-state index in [1.165, 1.54) is 0 Å². The molecule has 2 aromatic carbocycles. The molecule has 4 heteroatoms. The second-order valence-corrected chi connectivity index (χ2v) is 6.50.